The van der Waals surface area contributed by atoms with E-state index in [4.69, 9.17) is 26.3 Å². The fraction of sp³-hybridized carbons (Fsp3) is 0.221. The number of ketones is 10. The van der Waals surface area contributed by atoms with Gasteiger partial charge in [0, 0.05) is 117 Å². The maximum Gasteiger partial charge on any atom is 0.420 e. The van der Waals surface area contributed by atoms with Gasteiger partial charge in [0.25, 0.3) is 28.9 Å². The van der Waals surface area contributed by atoms with E-state index in [1.807, 2.05) is 188 Å². The Hall–Kier alpha value is -13.8. The molecule has 8 aromatic carbocycles. The highest BCUT2D eigenvalue weighted by molar-refractivity contribution is 6.55. The maximum absolute atomic E-state index is 13.2. The Balaban J connectivity index is 0.000000123. The molecule has 24 heteroatoms. The molecule has 22 nitrogen and oxygen atoms in total. The second-order valence-corrected chi connectivity index (χ2v) is 31.2. The van der Waals surface area contributed by atoms with Crippen molar-refractivity contribution >= 4 is 75.5 Å². The lowest BCUT2D eigenvalue weighted by atomic mass is 9.90. The average Bonchev–Trinajstić information content (AvgIpc) is 1.64. The summed E-state index contributed by atoms with van der Waals surface area (Å²) in [5.74, 6) is -1.50. The molecule has 0 atom stereocenters. The normalized spacial score (nSPS) is 13.2. The quantitative estimate of drug-likeness (QED) is 0.103. The zero-order chi connectivity index (χ0) is 84.9. The number of hydrogen-bond acceptors (Lipinski definition) is 17. The molecule has 0 N–H and O–H groups in total. The van der Waals surface area contributed by atoms with E-state index in [2.05, 4.69) is 15.0 Å². The fourth-order valence-corrected chi connectivity index (χ4v) is 15.7. The number of rotatable bonds is 12. The van der Waals surface area contributed by atoms with Gasteiger partial charge in [-0.25, -0.2) is 38.7 Å². The summed E-state index contributed by atoms with van der Waals surface area (Å²) in [5, 5.41) is 0.635. The molecule has 5 aliphatic rings. The van der Waals surface area contributed by atoms with E-state index in [9.17, 15) is 57.1 Å². The van der Waals surface area contributed by atoms with Gasteiger partial charge in [-0.2, -0.15) is 0 Å². The van der Waals surface area contributed by atoms with E-state index in [0.29, 0.717) is 121 Å². The molecule has 0 amide bonds. The smallest absolute Gasteiger partial charge is 0.420 e. The number of carbonyl (C=O) groups excluding carboxylic acids is 11. The van der Waals surface area contributed by atoms with Crippen LogP contribution in [0.1, 0.15) is 256 Å². The van der Waals surface area contributed by atoms with Crippen molar-refractivity contribution in [2.24, 2.45) is 7.05 Å². The molecular formula is C95H82ClFN10O12. The molecule has 0 saturated carbocycles. The van der Waals surface area contributed by atoms with Crippen molar-refractivity contribution < 1.29 is 61.9 Å². The Morgan fingerprint density at radius 2 is 0.639 bits per heavy atom. The first kappa shape index (κ1) is 81.8. The van der Waals surface area contributed by atoms with E-state index >= 15 is 0 Å². The van der Waals surface area contributed by atoms with Crippen molar-refractivity contribution in [1.29, 1.82) is 0 Å². The Bertz CT molecular complexity index is 6390. The van der Waals surface area contributed by atoms with Crippen molar-refractivity contribution in [3.8, 4) is 56.3 Å². The van der Waals surface area contributed by atoms with Crippen molar-refractivity contribution in [1.82, 2.24) is 47.8 Å². The molecule has 0 bridgehead atoms. The summed E-state index contributed by atoms with van der Waals surface area (Å²) in [4.78, 5) is 161. The summed E-state index contributed by atoms with van der Waals surface area (Å²) in [6, 6.07) is 58.2. The van der Waals surface area contributed by atoms with Gasteiger partial charge in [0.15, 0.2) is 0 Å². The molecule has 5 aromatic heterocycles. The van der Waals surface area contributed by atoms with Crippen LogP contribution in [-0.2, 0) is 38.0 Å². The monoisotopic (exact) mass is 1610 g/mol. The first-order chi connectivity index (χ1) is 57.0. The van der Waals surface area contributed by atoms with E-state index < -0.39 is 63.9 Å². The zero-order valence-corrected chi connectivity index (χ0v) is 68.2. The molecule has 5 heterocycles. The van der Waals surface area contributed by atoms with Gasteiger partial charge in [0.2, 0.25) is 28.9 Å². The number of nitrogens with zero attached hydrogens (tertiary/aromatic N) is 10. The summed E-state index contributed by atoms with van der Waals surface area (Å²) < 4.78 is 27.1. The Labute approximate surface area is 689 Å². The van der Waals surface area contributed by atoms with Crippen LogP contribution in [0.4, 0.5) is 9.18 Å². The number of hydrogen-bond donors (Lipinski definition) is 0. The predicted octanol–water partition coefficient (Wildman–Crippen LogP) is 18.9. The minimum absolute atomic E-state index is 0.0227. The van der Waals surface area contributed by atoms with E-state index in [-0.39, 0.29) is 47.7 Å². The summed E-state index contributed by atoms with van der Waals surface area (Å²) >= 11 is 6.10. The van der Waals surface area contributed by atoms with Crippen LogP contribution >= 0.6 is 11.6 Å². The molecule has 598 valence electrons. The highest BCUT2D eigenvalue weighted by atomic mass is 35.5. The minimum Gasteiger partial charge on any atom is -0.444 e. The van der Waals surface area contributed by atoms with Crippen molar-refractivity contribution in [2.75, 3.05) is 0 Å². The van der Waals surface area contributed by atoms with Gasteiger partial charge >= 0.3 is 6.09 Å². The third-order valence-electron chi connectivity index (χ3n) is 21.0. The van der Waals surface area contributed by atoms with Crippen LogP contribution in [0, 0.1) is 5.82 Å². The van der Waals surface area contributed by atoms with E-state index in [1.165, 1.54) is 12.1 Å². The van der Waals surface area contributed by atoms with Crippen LogP contribution in [0.2, 0.25) is 5.02 Å². The minimum atomic E-state index is -0.746. The van der Waals surface area contributed by atoms with Crippen LogP contribution in [0.25, 0.3) is 56.3 Å². The highest BCUT2D eigenvalue weighted by Gasteiger charge is 2.43. The average molecular weight is 1610 g/mol. The third-order valence-corrected chi connectivity index (χ3v) is 21.3. The molecule has 5 aliphatic carbocycles. The topological polar surface area (TPSA) is 286 Å². The fourth-order valence-electron chi connectivity index (χ4n) is 15.5. The van der Waals surface area contributed by atoms with Gasteiger partial charge in [-0.1, -0.05) is 257 Å². The first-order valence-corrected chi connectivity index (χ1v) is 39.5. The number of imidazole rings is 5. The number of Topliss-reactive ketones (excluding diaryl/α,β-unsaturated/α-hetero) is 10. The SMILES string of the molecule is CC(C)c1nc2c(n1C(=O)OCc1ccccc1)C(=O)C(=O)c1ccccc1-2.CC(C)c1nc2c(n1C)C(=O)C(=O)c1ccccc1-2.CC(C)c1nc2c(n1Cc1ccc(F)cc1)C(=O)C(=O)c1ccccc1-2.CC(C)c1nc2c(n1Cc1cccc(Cl)c1)C(=O)C(=O)c1ccccc1-2.CCn1c(C(C)C)nc2c1C(=O)C(=O)c1ccccc1-2. The Morgan fingerprint density at radius 1 is 0.336 bits per heavy atom. The lowest BCUT2D eigenvalue weighted by Gasteiger charge is -2.17. The van der Waals surface area contributed by atoms with Gasteiger partial charge in [-0.3, -0.25) is 47.9 Å². The molecule has 119 heavy (non-hydrogen) atoms. The third kappa shape index (κ3) is 15.1. The van der Waals surface area contributed by atoms with Crippen LogP contribution < -0.4 is 0 Å². The molecule has 0 saturated heterocycles. The lowest BCUT2D eigenvalue weighted by molar-refractivity contribution is 0.0807. The summed E-state index contributed by atoms with van der Waals surface area (Å²) in [6.07, 6.45) is -0.721. The van der Waals surface area contributed by atoms with Crippen LogP contribution in [-0.4, -0.2) is 112 Å². The van der Waals surface area contributed by atoms with Crippen LogP contribution in [0.3, 0.4) is 0 Å². The largest absolute Gasteiger partial charge is 0.444 e. The van der Waals surface area contributed by atoms with Gasteiger partial charge in [0.05, 0.1) is 0 Å². The van der Waals surface area contributed by atoms with Gasteiger partial charge in [0.1, 0.15) is 98.5 Å². The van der Waals surface area contributed by atoms with E-state index in [0.717, 1.165) is 61.2 Å². The number of benzene rings is 8. The Morgan fingerprint density at radius 3 is 1.02 bits per heavy atom. The van der Waals surface area contributed by atoms with Crippen molar-refractivity contribution in [3.05, 3.63) is 313 Å². The van der Waals surface area contributed by atoms with Crippen LogP contribution in [0.5, 0.6) is 0 Å². The number of carbonyl (C=O) groups is 11. The Kier molecular flexibility index (Phi) is 23.0. The van der Waals surface area contributed by atoms with Gasteiger partial charge < -0.3 is 23.0 Å². The molecule has 13 aromatic rings. The lowest BCUT2D eigenvalue weighted by Crippen LogP contribution is -2.28. The highest BCUT2D eigenvalue weighted by Crippen LogP contribution is 2.42. The van der Waals surface area contributed by atoms with Crippen molar-refractivity contribution in [3.63, 3.8) is 0 Å². The predicted molar refractivity (Wildman–Crippen MR) is 447 cm³/mol. The van der Waals surface area contributed by atoms with Crippen LogP contribution in [0.15, 0.2) is 200 Å². The van der Waals surface area contributed by atoms with Gasteiger partial charge in [-0.05, 0) is 47.9 Å². The number of fused-ring (bicyclic) bond motifs is 15. The second kappa shape index (κ2) is 33.4. The maximum atomic E-state index is 13.2. The molecule has 0 spiro atoms. The second-order valence-electron chi connectivity index (χ2n) is 30.7. The van der Waals surface area contributed by atoms with Gasteiger partial charge in [-0.15, -0.1) is 0 Å². The van der Waals surface area contributed by atoms with E-state index in [1.54, 1.807) is 101 Å². The summed E-state index contributed by atoms with van der Waals surface area (Å²) in [7, 11) is 1.79. The summed E-state index contributed by atoms with van der Waals surface area (Å²) in [5.41, 5.74) is 12.4. The standard InChI is InChI=1S/C22H18N2O4.C21H17ClN2O2.C21H17FN2O2.C16H16N2O2.C15H14N2O2/c1-13(2)21-23-17-15-10-6-7-11-16(15)19(25)20(26)18(17)24(21)22(27)28-12-14-8-4-3-5-9-14;1-12(2)21-23-17-15-8-3-4-9-16(15)19(25)20(26)18(17)24(21)11-13-6-5-7-14(22)10-13;1-12(2)21-23-17-15-5-3-4-6-16(15)19(25)20(26)18(17)24(21)11-13-7-9-14(22)10-8-13;1-4-18-13-12(17-16(18)9(2)3)10-7-5-6-8-11(10)14(19)15(13)20;1-8(2)15-16-11-9-6-4-5-7-10(9)13(18)14(19)12(11)17(15)3/h3-11,13H,12H2,1-2H3;2*3-10,12H,11H2,1-2H3;5-9H,4H2,1-3H3;4-8H,1-3H3. The molecule has 0 radical (unpaired) electrons. The van der Waals surface area contributed by atoms with Crippen molar-refractivity contribution in [2.45, 2.75) is 132 Å². The number of aromatic nitrogens is 10. The number of ether oxygens (including phenoxy) is 1. The molecule has 18 rings (SSSR count). The molecule has 0 unspecified atom stereocenters. The zero-order valence-electron chi connectivity index (χ0n) is 67.4. The first-order valence-electron chi connectivity index (χ1n) is 39.1. The number of halogens is 2. The molecule has 0 fully saturated rings. The molecular weight excluding hydrogens is 1530 g/mol. The summed E-state index contributed by atoms with van der Waals surface area (Å²) in [6.45, 7) is 23.4. The molecule has 0 aliphatic heterocycles.